The summed E-state index contributed by atoms with van der Waals surface area (Å²) in [5, 5.41) is 3.55. The predicted octanol–water partition coefficient (Wildman–Crippen LogP) is 2.58. The molecule has 14 heavy (non-hydrogen) atoms. The third kappa shape index (κ3) is 4.43. The van der Waals surface area contributed by atoms with Gasteiger partial charge in [-0.15, -0.1) is 0 Å². The van der Waals surface area contributed by atoms with Crippen molar-refractivity contribution in [1.82, 2.24) is 5.32 Å². The van der Waals surface area contributed by atoms with Crippen molar-refractivity contribution in [3.63, 3.8) is 0 Å². The van der Waals surface area contributed by atoms with E-state index >= 15 is 0 Å². The Morgan fingerprint density at radius 3 is 2.43 bits per heavy atom. The molecular formula is C12H25NO. The summed E-state index contributed by atoms with van der Waals surface area (Å²) in [5.74, 6) is 0.911. The molecule has 0 amide bonds. The van der Waals surface area contributed by atoms with Crippen molar-refractivity contribution in [1.29, 1.82) is 0 Å². The van der Waals surface area contributed by atoms with Crippen LogP contribution in [0.2, 0.25) is 0 Å². The van der Waals surface area contributed by atoms with Crippen molar-refractivity contribution in [2.24, 2.45) is 5.92 Å². The van der Waals surface area contributed by atoms with Crippen LogP contribution >= 0.6 is 0 Å². The number of hydrogen-bond acceptors (Lipinski definition) is 2. The average Bonchev–Trinajstić information content (AvgIpc) is 2.64. The monoisotopic (exact) mass is 199 g/mol. The molecule has 0 aliphatic heterocycles. The van der Waals surface area contributed by atoms with E-state index in [0.29, 0.717) is 12.1 Å². The second kappa shape index (κ2) is 6.41. The summed E-state index contributed by atoms with van der Waals surface area (Å²) >= 11 is 0. The Morgan fingerprint density at radius 2 is 1.86 bits per heavy atom. The fourth-order valence-corrected chi connectivity index (χ4v) is 2.21. The molecular weight excluding hydrogens is 174 g/mol. The Kier molecular flexibility index (Phi) is 5.49. The molecule has 2 heteroatoms. The molecule has 1 aliphatic rings. The third-order valence-corrected chi connectivity index (χ3v) is 3.13. The normalized spacial score (nSPS) is 20.6. The minimum atomic E-state index is 0.360. The minimum Gasteiger partial charge on any atom is -0.377 e. The molecule has 1 atom stereocenters. The van der Waals surface area contributed by atoms with E-state index in [1.54, 1.807) is 0 Å². The first-order valence-electron chi connectivity index (χ1n) is 6.05. The maximum Gasteiger partial charge on any atom is 0.0594 e. The molecule has 0 spiro atoms. The van der Waals surface area contributed by atoms with Gasteiger partial charge in [-0.2, -0.15) is 0 Å². The summed E-state index contributed by atoms with van der Waals surface area (Å²) in [4.78, 5) is 0. The van der Waals surface area contributed by atoms with Crippen molar-refractivity contribution in [3.05, 3.63) is 0 Å². The number of ether oxygens (including phenoxy) is 1. The second-order valence-electron chi connectivity index (χ2n) is 4.71. The zero-order valence-corrected chi connectivity index (χ0v) is 9.88. The van der Waals surface area contributed by atoms with E-state index in [4.69, 9.17) is 4.74 Å². The molecule has 1 saturated carbocycles. The lowest BCUT2D eigenvalue weighted by Crippen LogP contribution is -2.35. The molecule has 0 heterocycles. The lowest BCUT2D eigenvalue weighted by atomic mass is 10.00. The second-order valence-corrected chi connectivity index (χ2v) is 4.71. The maximum atomic E-state index is 5.49. The molecule has 1 unspecified atom stereocenters. The highest BCUT2D eigenvalue weighted by molar-refractivity contribution is 4.76. The van der Waals surface area contributed by atoms with Crippen LogP contribution in [0.5, 0.6) is 0 Å². The lowest BCUT2D eigenvalue weighted by Gasteiger charge is -2.20. The van der Waals surface area contributed by atoms with Gasteiger partial charge >= 0.3 is 0 Å². The van der Waals surface area contributed by atoms with Crippen molar-refractivity contribution in [2.45, 2.75) is 58.6 Å². The molecule has 0 bridgehead atoms. The van der Waals surface area contributed by atoms with Crippen LogP contribution in [0.4, 0.5) is 0 Å². The van der Waals surface area contributed by atoms with Gasteiger partial charge in [-0.1, -0.05) is 12.8 Å². The molecule has 1 aliphatic carbocycles. The van der Waals surface area contributed by atoms with Crippen molar-refractivity contribution < 1.29 is 4.74 Å². The van der Waals surface area contributed by atoms with Gasteiger partial charge in [-0.25, -0.2) is 0 Å². The molecule has 0 radical (unpaired) electrons. The average molecular weight is 199 g/mol. The van der Waals surface area contributed by atoms with Gasteiger partial charge in [0.15, 0.2) is 0 Å². The summed E-state index contributed by atoms with van der Waals surface area (Å²) in [7, 11) is 0. The summed E-state index contributed by atoms with van der Waals surface area (Å²) < 4.78 is 5.49. The molecule has 1 N–H and O–H groups in total. The molecule has 0 aromatic rings. The van der Waals surface area contributed by atoms with Crippen LogP contribution in [-0.4, -0.2) is 25.3 Å². The highest BCUT2D eigenvalue weighted by Crippen LogP contribution is 2.27. The number of hydrogen-bond donors (Lipinski definition) is 1. The molecule has 0 saturated heterocycles. The van der Waals surface area contributed by atoms with Crippen LogP contribution in [0.25, 0.3) is 0 Å². The SMILES string of the molecule is CC(C)OCCNC(C)C1CCCC1. The molecule has 1 fully saturated rings. The van der Waals surface area contributed by atoms with Gasteiger partial charge in [-0.3, -0.25) is 0 Å². The summed E-state index contributed by atoms with van der Waals surface area (Å²) in [6, 6.07) is 0.674. The van der Waals surface area contributed by atoms with E-state index in [-0.39, 0.29) is 0 Å². The zero-order valence-electron chi connectivity index (χ0n) is 9.88. The molecule has 0 aromatic heterocycles. The van der Waals surface area contributed by atoms with Crippen LogP contribution in [0, 0.1) is 5.92 Å². The zero-order chi connectivity index (χ0) is 10.4. The topological polar surface area (TPSA) is 21.3 Å². The molecule has 2 nitrogen and oxygen atoms in total. The van der Waals surface area contributed by atoms with Crippen molar-refractivity contribution >= 4 is 0 Å². The van der Waals surface area contributed by atoms with E-state index in [2.05, 4.69) is 26.1 Å². The lowest BCUT2D eigenvalue weighted by molar-refractivity contribution is 0.0784. The van der Waals surface area contributed by atoms with Crippen LogP contribution in [0.15, 0.2) is 0 Å². The summed E-state index contributed by atoms with van der Waals surface area (Å²) in [5.41, 5.74) is 0. The van der Waals surface area contributed by atoms with Crippen molar-refractivity contribution in [2.75, 3.05) is 13.2 Å². The van der Waals surface area contributed by atoms with Crippen LogP contribution < -0.4 is 5.32 Å². The van der Waals surface area contributed by atoms with E-state index in [1.165, 1.54) is 25.7 Å². The summed E-state index contributed by atoms with van der Waals surface area (Å²) in [6.07, 6.45) is 6.05. The summed E-state index contributed by atoms with van der Waals surface area (Å²) in [6.45, 7) is 8.32. The highest BCUT2D eigenvalue weighted by atomic mass is 16.5. The van der Waals surface area contributed by atoms with E-state index in [0.717, 1.165) is 19.1 Å². The predicted molar refractivity (Wildman–Crippen MR) is 60.5 cm³/mol. The van der Waals surface area contributed by atoms with Crippen LogP contribution in [-0.2, 0) is 4.74 Å². The Balaban J connectivity index is 1.99. The first-order chi connectivity index (χ1) is 6.70. The van der Waals surface area contributed by atoms with E-state index in [1.807, 2.05) is 0 Å². The van der Waals surface area contributed by atoms with Gasteiger partial charge in [0.05, 0.1) is 12.7 Å². The largest absolute Gasteiger partial charge is 0.377 e. The van der Waals surface area contributed by atoms with Gasteiger partial charge in [0.2, 0.25) is 0 Å². The molecule has 1 rings (SSSR count). The fourth-order valence-electron chi connectivity index (χ4n) is 2.21. The van der Waals surface area contributed by atoms with Crippen LogP contribution in [0.3, 0.4) is 0 Å². The Labute approximate surface area is 88.4 Å². The molecule has 84 valence electrons. The minimum absolute atomic E-state index is 0.360. The maximum absolute atomic E-state index is 5.49. The highest BCUT2D eigenvalue weighted by Gasteiger charge is 2.20. The van der Waals surface area contributed by atoms with Crippen LogP contribution in [0.1, 0.15) is 46.5 Å². The smallest absolute Gasteiger partial charge is 0.0594 e. The van der Waals surface area contributed by atoms with Gasteiger partial charge in [-0.05, 0) is 39.5 Å². The number of rotatable bonds is 6. The van der Waals surface area contributed by atoms with Gasteiger partial charge < -0.3 is 10.1 Å². The number of nitrogens with one attached hydrogen (secondary N) is 1. The Hall–Kier alpha value is -0.0800. The van der Waals surface area contributed by atoms with Gasteiger partial charge in [0.25, 0.3) is 0 Å². The standard InChI is InChI=1S/C12H25NO/c1-10(2)14-9-8-13-11(3)12-6-4-5-7-12/h10-13H,4-9H2,1-3H3. The van der Waals surface area contributed by atoms with E-state index < -0.39 is 0 Å². The van der Waals surface area contributed by atoms with Gasteiger partial charge in [0.1, 0.15) is 0 Å². The Morgan fingerprint density at radius 1 is 1.21 bits per heavy atom. The first kappa shape index (κ1) is 12.0. The third-order valence-electron chi connectivity index (χ3n) is 3.13. The first-order valence-corrected chi connectivity index (χ1v) is 6.05. The van der Waals surface area contributed by atoms with E-state index in [9.17, 15) is 0 Å². The van der Waals surface area contributed by atoms with Gasteiger partial charge in [0, 0.05) is 12.6 Å². The van der Waals surface area contributed by atoms with Crippen molar-refractivity contribution in [3.8, 4) is 0 Å². The Bertz CT molecular complexity index is 141. The molecule has 0 aromatic carbocycles. The quantitative estimate of drug-likeness (QED) is 0.664. The fraction of sp³-hybridized carbons (Fsp3) is 1.00.